The molecule has 25 heavy (non-hydrogen) atoms. The number of azide groups is 1. The van der Waals surface area contributed by atoms with E-state index in [2.05, 4.69) is 10.0 Å². The predicted molar refractivity (Wildman–Crippen MR) is 92.8 cm³/mol. The van der Waals surface area contributed by atoms with Crippen LogP contribution >= 0.6 is 0 Å². The van der Waals surface area contributed by atoms with Crippen LogP contribution in [0.4, 0.5) is 11.4 Å². The van der Waals surface area contributed by atoms with Crippen LogP contribution in [0.15, 0.2) is 65.8 Å². The van der Waals surface area contributed by atoms with Gasteiger partial charge in [-0.2, -0.15) is 0 Å². The third kappa shape index (κ3) is 3.19. The Morgan fingerprint density at radius 1 is 1.16 bits per heavy atom. The molecule has 1 amide bonds. The van der Waals surface area contributed by atoms with Crippen LogP contribution in [0.25, 0.3) is 16.5 Å². The Morgan fingerprint density at radius 2 is 1.84 bits per heavy atom. The number of carbonyl (C=O) groups excluding carboxylic acids is 1. The number of hydrogen-bond acceptors (Lipinski definition) is 4. The molecule has 2 atom stereocenters. The quantitative estimate of drug-likeness (QED) is 0.207. The van der Waals surface area contributed by atoms with Gasteiger partial charge in [0.2, 0.25) is 5.91 Å². The van der Waals surface area contributed by atoms with E-state index in [9.17, 15) is 14.9 Å². The van der Waals surface area contributed by atoms with E-state index in [1.54, 1.807) is 6.08 Å². The molecule has 1 fully saturated rings. The maximum absolute atomic E-state index is 12.3. The van der Waals surface area contributed by atoms with Crippen molar-refractivity contribution in [1.29, 1.82) is 0 Å². The molecule has 124 valence electrons. The number of nitro benzene ring substituents is 1. The Balaban J connectivity index is 1.88. The summed E-state index contributed by atoms with van der Waals surface area (Å²) in [7, 11) is 0. The van der Waals surface area contributed by atoms with Crippen molar-refractivity contribution >= 4 is 23.4 Å². The van der Waals surface area contributed by atoms with Crippen molar-refractivity contribution in [1.82, 2.24) is 0 Å². The van der Waals surface area contributed by atoms with Crippen LogP contribution in [-0.4, -0.2) is 22.9 Å². The van der Waals surface area contributed by atoms with Gasteiger partial charge in [0.1, 0.15) is 6.04 Å². The number of amides is 1. The van der Waals surface area contributed by atoms with Crippen LogP contribution in [0.5, 0.6) is 0 Å². The van der Waals surface area contributed by atoms with Crippen molar-refractivity contribution in [2.75, 3.05) is 4.90 Å². The van der Waals surface area contributed by atoms with Gasteiger partial charge in [-0.05, 0) is 23.2 Å². The fraction of sp³-hybridized carbons (Fsp3) is 0.118. The molecular formula is C17H13N5O3. The van der Waals surface area contributed by atoms with Crippen LogP contribution in [0, 0.1) is 10.1 Å². The molecule has 2 unspecified atom stereocenters. The highest BCUT2D eigenvalue weighted by atomic mass is 16.6. The van der Waals surface area contributed by atoms with Crippen molar-refractivity contribution < 1.29 is 9.72 Å². The molecule has 1 saturated heterocycles. The van der Waals surface area contributed by atoms with Gasteiger partial charge in [0.05, 0.1) is 11.0 Å². The molecule has 3 rings (SSSR count). The van der Waals surface area contributed by atoms with Gasteiger partial charge >= 0.3 is 0 Å². The summed E-state index contributed by atoms with van der Waals surface area (Å²) >= 11 is 0. The van der Waals surface area contributed by atoms with E-state index in [4.69, 9.17) is 5.53 Å². The summed E-state index contributed by atoms with van der Waals surface area (Å²) in [6.45, 7) is 0. The number of anilines is 1. The zero-order chi connectivity index (χ0) is 17.8. The fourth-order valence-electron chi connectivity index (χ4n) is 2.67. The Labute approximate surface area is 142 Å². The Kier molecular flexibility index (Phi) is 4.45. The molecule has 8 heteroatoms. The summed E-state index contributed by atoms with van der Waals surface area (Å²) in [6, 6.07) is 13.9. The summed E-state index contributed by atoms with van der Waals surface area (Å²) in [5, 5.41) is 14.3. The van der Waals surface area contributed by atoms with Crippen molar-refractivity contribution in [3.05, 3.63) is 86.8 Å². The second-order valence-electron chi connectivity index (χ2n) is 5.39. The van der Waals surface area contributed by atoms with E-state index in [-0.39, 0.29) is 11.6 Å². The molecule has 0 bridgehead atoms. The first-order chi connectivity index (χ1) is 12.1. The molecule has 0 radical (unpaired) electrons. The molecule has 8 nitrogen and oxygen atoms in total. The fourth-order valence-corrected chi connectivity index (χ4v) is 2.67. The van der Waals surface area contributed by atoms with E-state index in [1.165, 1.54) is 29.2 Å². The summed E-state index contributed by atoms with van der Waals surface area (Å²) in [6.07, 6.45) is 3.63. The van der Waals surface area contributed by atoms with Crippen molar-refractivity contribution in [2.24, 2.45) is 5.11 Å². The van der Waals surface area contributed by atoms with Gasteiger partial charge in [-0.1, -0.05) is 47.6 Å². The molecule has 0 saturated carbocycles. The van der Waals surface area contributed by atoms with Gasteiger partial charge in [0.15, 0.2) is 0 Å². The molecule has 1 heterocycles. The maximum Gasteiger partial charge on any atom is 0.269 e. The summed E-state index contributed by atoms with van der Waals surface area (Å²) in [4.78, 5) is 26.7. The second kappa shape index (κ2) is 6.86. The monoisotopic (exact) mass is 335 g/mol. The molecular weight excluding hydrogens is 322 g/mol. The molecule has 2 aromatic carbocycles. The number of rotatable bonds is 5. The second-order valence-corrected chi connectivity index (χ2v) is 5.39. The molecule has 1 aliphatic heterocycles. The largest absolute Gasteiger partial charge is 0.304 e. The molecule has 1 aliphatic rings. The number of carbonyl (C=O) groups is 1. The first kappa shape index (κ1) is 16.2. The number of non-ortho nitro benzene ring substituents is 1. The lowest BCUT2D eigenvalue weighted by atomic mass is 9.93. The first-order valence-corrected chi connectivity index (χ1v) is 7.47. The highest BCUT2D eigenvalue weighted by Crippen LogP contribution is 2.32. The maximum atomic E-state index is 12.3. The Morgan fingerprint density at radius 3 is 2.44 bits per heavy atom. The van der Waals surface area contributed by atoms with E-state index >= 15 is 0 Å². The van der Waals surface area contributed by atoms with Gasteiger partial charge < -0.3 is 4.90 Å². The van der Waals surface area contributed by atoms with E-state index in [0.29, 0.717) is 5.69 Å². The van der Waals surface area contributed by atoms with E-state index in [0.717, 1.165) is 5.56 Å². The van der Waals surface area contributed by atoms with Crippen LogP contribution in [0.1, 0.15) is 5.56 Å². The van der Waals surface area contributed by atoms with Crippen molar-refractivity contribution in [2.45, 2.75) is 12.1 Å². The van der Waals surface area contributed by atoms with Gasteiger partial charge in [-0.15, -0.1) is 0 Å². The average Bonchev–Trinajstić information content (AvgIpc) is 2.64. The lowest BCUT2D eigenvalue weighted by Crippen LogP contribution is -2.63. The smallest absolute Gasteiger partial charge is 0.269 e. The number of β-lactam (4-membered cyclic amide) rings is 1. The molecule has 2 aromatic rings. The summed E-state index contributed by atoms with van der Waals surface area (Å²) < 4.78 is 0. The lowest BCUT2D eigenvalue weighted by Gasteiger charge is -2.43. The summed E-state index contributed by atoms with van der Waals surface area (Å²) in [5.41, 5.74) is 10.1. The molecule has 0 aliphatic carbocycles. The number of nitro groups is 1. The topological polar surface area (TPSA) is 112 Å². The minimum Gasteiger partial charge on any atom is -0.304 e. The highest BCUT2D eigenvalue weighted by molar-refractivity contribution is 6.06. The third-order valence-corrected chi connectivity index (χ3v) is 3.91. The van der Waals surface area contributed by atoms with Gasteiger partial charge in [0, 0.05) is 22.7 Å². The van der Waals surface area contributed by atoms with Gasteiger partial charge in [0.25, 0.3) is 5.69 Å². The minimum atomic E-state index is -0.819. The van der Waals surface area contributed by atoms with E-state index in [1.807, 2.05) is 36.4 Å². The van der Waals surface area contributed by atoms with Crippen LogP contribution in [0.3, 0.4) is 0 Å². The highest BCUT2D eigenvalue weighted by Gasteiger charge is 2.46. The normalized spacial score (nSPS) is 19.4. The predicted octanol–water partition coefficient (Wildman–Crippen LogP) is 3.70. The van der Waals surface area contributed by atoms with Gasteiger partial charge in [-0.3, -0.25) is 14.9 Å². The standard InChI is InChI=1S/C17H13N5O3/c18-20-19-16-15(11-6-12-4-2-1-3-5-12)21(17(16)23)13-7-9-14(10-8-13)22(24)25/h1-11,15-16H/b11-6+. The summed E-state index contributed by atoms with van der Waals surface area (Å²) in [5.74, 6) is -0.339. The number of nitrogens with zero attached hydrogens (tertiary/aromatic N) is 5. The number of hydrogen-bond donors (Lipinski definition) is 0. The van der Waals surface area contributed by atoms with E-state index < -0.39 is 17.0 Å². The first-order valence-electron chi connectivity index (χ1n) is 7.47. The Hall–Kier alpha value is -3.64. The number of benzene rings is 2. The average molecular weight is 335 g/mol. The third-order valence-electron chi connectivity index (χ3n) is 3.91. The van der Waals surface area contributed by atoms with Crippen molar-refractivity contribution in [3.63, 3.8) is 0 Å². The zero-order valence-electron chi connectivity index (χ0n) is 13.0. The zero-order valence-corrected chi connectivity index (χ0v) is 13.0. The Bertz CT molecular complexity index is 873. The van der Waals surface area contributed by atoms with Crippen LogP contribution in [0.2, 0.25) is 0 Å². The molecule has 0 N–H and O–H groups in total. The SMILES string of the molecule is [N-]=[N+]=NC1C(=O)N(c2ccc([N+](=O)[O-])cc2)C1/C=C/c1ccccc1. The van der Waals surface area contributed by atoms with Crippen LogP contribution in [-0.2, 0) is 4.79 Å². The minimum absolute atomic E-state index is 0.0558. The lowest BCUT2D eigenvalue weighted by molar-refractivity contribution is -0.384. The molecule has 0 spiro atoms. The van der Waals surface area contributed by atoms with Gasteiger partial charge in [-0.25, -0.2) is 0 Å². The van der Waals surface area contributed by atoms with Crippen LogP contribution < -0.4 is 4.90 Å². The van der Waals surface area contributed by atoms with Crippen molar-refractivity contribution in [3.8, 4) is 0 Å². The molecule has 0 aromatic heterocycles.